The Hall–Kier alpha value is -1.04. The molecule has 0 amide bonds. The second-order valence-electron chi connectivity index (χ2n) is 2.70. The molecule has 1 heterocycles. The minimum Gasteiger partial charge on any atom is -0.238 e. The Kier molecular flexibility index (Phi) is 2.92. The van der Waals surface area contributed by atoms with Gasteiger partial charge < -0.3 is 0 Å². The van der Waals surface area contributed by atoms with Crippen molar-refractivity contribution in [3.8, 4) is 0 Å². The van der Waals surface area contributed by atoms with E-state index in [2.05, 4.69) is 9.97 Å². The zero-order valence-corrected chi connectivity index (χ0v) is 7.88. The van der Waals surface area contributed by atoms with Crippen molar-refractivity contribution in [1.82, 2.24) is 9.97 Å². The highest BCUT2D eigenvalue weighted by molar-refractivity contribution is 7.90. The van der Waals surface area contributed by atoms with E-state index >= 15 is 0 Å². The van der Waals surface area contributed by atoms with E-state index in [4.69, 9.17) is 0 Å². The number of aryl methyl sites for hydroxylation is 1. The van der Waals surface area contributed by atoms with Gasteiger partial charge >= 0.3 is 0 Å². The van der Waals surface area contributed by atoms with E-state index in [-0.39, 0.29) is 12.2 Å². The van der Waals surface area contributed by atoms with Gasteiger partial charge in [-0.25, -0.2) is 22.8 Å². The van der Waals surface area contributed by atoms with Crippen molar-refractivity contribution in [2.45, 2.75) is 6.42 Å². The highest BCUT2D eigenvalue weighted by atomic mass is 32.2. The summed E-state index contributed by atoms with van der Waals surface area (Å²) >= 11 is 0. The summed E-state index contributed by atoms with van der Waals surface area (Å²) in [5.74, 6) is -0.200. The number of sulfone groups is 1. The first-order valence-electron chi connectivity index (χ1n) is 3.61. The molecule has 0 aliphatic rings. The standard InChI is InChI=1S/C7H9FN2O2S/c1-13(11,12)3-2-7-9-4-6(8)5-10-7/h4-5H,2-3H2,1H3. The zero-order chi connectivity index (χ0) is 9.90. The number of halogens is 1. The average Bonchev–Trinajstić information content (AvgIpc) is 2.02. The normalized spacial score (nSPS) is 11.5. The number of aromatic nitrogens is 2. The van der Waals surface area contributed by atoms with Crippen LogP contribution in [-0.2, 0) is 16.3 Å². The lowest BCUT2D eigenvalue weighted by molar-refractivity contribution is 0.598. The molecule has 1 aromatic rings. The smallest absolute Gasteiger partial charge is 0.159 e. The maximum Gasteiger partial charge on any atom is 0.159 e. The molecule has 0 aliphatic heterocycles. The highest BCUT2D eigenvalue weighted by Gasteiger charge is 2.04. The van der Waals surface area contributed by atoms with Gasteiger partial charge in [-0.15, -0.1) is 0 Å². The Labute approximate surface area is 75.8 Å². The zero-order valence-electron chi connectivity index (χ0n) is 7.07. The van der Waals surface area contributed by atoms with E-state index in [9.17, 15) is 12.8 Å². The minimum absolute atomic E-state index is 0.0152. The van der Waals surface area contributed by atoms with Crippen LogP contribution in [0, 0.1) is 5.82 Å². The molecule has 0 saturated carbocycles. The fourth-order valence-corrected chi connectivity index (χ4v) is 1.30. The number of rotatable bonds is 3. The lowest BCUT2D eigenvalue weighted by atomic mass is 10.4. The maximum absolute atomic E-state index is 12.3. The van der Waals surface area contributed by atoms with Crippen LogP contribution in [0.4, 0.5) is 4.39 Å². The summed E-state index contributed by atoms with van der Waals surface area (Å²) in [6, 6.07) is 0. The van der Waals surface area contributed by atoms with Gasteiger partial charge in [0.2, 0.25) is 0 Å². The van der Waals surface area contributed by atoms with Crippen molar-refractivity contribution in [2.24, 2.45) is 0 Å². The van der Waals surface area contributed by atoms with Gasteiger partial charge in [-0.05, 0) is 0 Å². The second kappa shape index (κ2) is 3.78. The maximum atomic E-state index is 12.3. The first-order chi connectivity index (χ1) is 5.97. The van der Waals surface area contributed by atoms with Crippen LogP contribution in [0.1, 0.15) is 5.82 Å². The number of nitrogens with zero attached hydrogens (tertiary/aromatic N) is 2. The van der Waals surface area contributed by atoms with Crippen molar-refractivity contribution in [1.29, 1.82) is 0 Å². The molecule has 0 aliphatic carbocycles. The quantitative estimate of drug-likeness (QED) is 0.705. The van der Waals surface area contributed by atoms with Crippen LogP contribution >= 0.6 is 0 Å². The Balaban J connectivity index is 2.61. The molecule has 4 nitrogen and oxygen atoms in total. The van der Waals surface area contributed by atoms with E-state index in [1.165, 1.54) is 0 Å². The molecule has 0 aromatic carbocycles. The summed E-state index contributed by atoms with van der Waals surface area (Å²) in [5.41, 5.74) is 0. The molecule has 0 bridgehead atoms. The van der Waals surface area contributed by atoms with Gasteiger partial charge in [0.1, 0.15) is 15.7 Å². The van der Waals surface area contributed by atoms with Gasteiger partial charge in [0.05, 0.1) is 18.1 Å². The summed E-state index contributed by atoms with van der Waals surface area (Å²) in [6.07, 6.45) is 3.39. The summed E-state index contributed by atoms with van der Waals surface area (Å²) in [5, 5.41) is 0. The molecule has 1 aromatic heterocycles. The Bertz CT molecular complexity index is 374. The van der Waals surface area contributed by atoms with Gasteiger partial charge in [0.15, 0.2) is 5.82 Å². The monoisotopic (exact) mass is 204 g/mol. The lowest BCUT2D eigenvalue weighted by Gasteiger charge is -1.97. The van der Waals surface area contributed by atoms with Gasteiger partial charge in [0, 0.05) is 12.7 Å². The van der Waals surface area contributed by atoms with Crippen molar-refractivity contribution in [3.05, 3.63) is 24.0 Å². The fraction of sp³-hybridized carbons (Fsp3) is 0.429. The topological polar surface area (TPSA) is 59.9 Å². The molecule has 1 rings (SSSR count). The minimum atomic E-state index is -3.01. The van der Waals surface area contributed by atoms with Crippen LogP contribution < -0.4 is 0 Å². The molecule has 0 fully saturated rings. The average molecular weight is 204 g/mol. The first-order valence-corrected chi connectivity index (χ1v) is 5.67. The highest BCUT2D eigenvalue weighted by Crippen LogP contribution is 1.96. The van der Waals surface area contributed by atoms with E-state index in [1.807, 2.05) is 0 Å². The van der Waals surface area contributed by atoms with Gasteiger partial charge in [0.25, 0.3) is 0 Å². The predicted octanol–water partition coefficient (Wildman–Crippen LogP) is 0.203. The SMILES string of the molecule is CS(=O)(=O)CCc1ncc(F)cn1. The third-order valence-corrected chi connectivity index (χ3v) is 2.32. The molecular formula is C7H9FN2O2S. The molecule has 0 N–H and O–H groups in total. The lowest BCUT2D eigenvalue weighted by Crippen LogP contribution is -2.08. The van der Waals surface area contributed by atoms with Gasteiger partial charge in [-0.3, -0.25) is 0 Å². The third kappa shape index (κ3) is 3.93. The molecule has 0 unspecified atom stereocenters. The molecule has 0 atom stereocenters. The molecule has 6 heteroatoms. The molecule has 0 radical (unpaired) electrons. The summed E-state index contributed by atoms with van der Waals surface area (Å²) in [6.45, 7) is 0. The van der Waals surface area contributed by atoms with Gasteiger partial charge in [-0.2, -0.15) is 0 Å². The summed E-state index contributed by atoms with van der Waals surface area (Å²) in [4.78, 5) is 7.26. The molecule has 72 valence electrons. The van der Waals surface area contributed by atoms with Crippen molar-refractivity contribution in [2.75, 3.05) is 12.0 Å². The Morgan fingerprint density at radius 3 is 2.38 bits per heavy atom. The Morgan fingerprint density at radius 2 is 1.92 bits per heavy atom. The number of hydrogen-bond donors (Lipinski definition) is 0. The largest absolute Gasteiger partial charge is 0.238 e. The van der Waals surface area contributed by atoms with Crippen LogP contribution in [0.25, 0.3) is 0 Å². The van der Waals surface area contributed by atoms with Gasteiger partial charge in [-0.1, -0.05) is 0 Å². The van der Waals surface area contributed by atoms with E-state index in [0.717, 1.165) is 18.6 Å². The van der Waals surface area contributed by atoms with Crippen molar-refractivity contribution in [3.63, 3.8) is 0 Å². The van der Waals surface area contributed by atoms with E-state index < -0.39 is 15.7 Å². The molecule has 0 saturated heterocycles. The molecule has 0 spiro atoms. The predicted molar refractivity (Wildman–Crippen MR) is 45.4 cm³/mol. The van der Waals surface area contributed by atoms with Crippen LogP contribution in [0.2, 0.25) is 0 Å². The second-order valence-corrected chi connectivity index (χ2v) is 4.96. The van der Waals surface area contributed by atoms with Crippen LogP contribution in [0.3, 0.4) is 0 Å². The fourth-order valence-electron chi connectivity index (χ4n) is 0.745. The van der Waals surface area contributed by atoms with Crippen LogP contribution in [-0.4, -0.2) is 30.4 Å². The number of hydrogen-bond acceptors (Lipinski definition) is 4. The summed E-state index contributed by atoms with van der Waals surface area (Å²) in [7, 11) is -3.01. The third-order valence-electron chi connectivity index (χ3n) is 1.37. The Morgan fingerprint density at radius 1 is 1.38 bits per heavy atom. The van der Waals surface area contributed by atoms with Crippen molar-refractivity contribution < 1.29 is 12.8 Å². The summed E-state index contributed by atoms with van der Waals surface area (Å²) < 4.78 is 33.8. The van der Waals surface area contributed by atoms with Crippen LogP contribution in [0.15, 0.2) is 12.4 Å². The van der Waals surface area contributed by atoms with Crippen molar-refractivity contribution >= 4 is 9.84 Å². The van der Waals surface area contributed by atoms with E-state index in [0.29, 0.717) is 5.82 Å². The van der Waals surface area contributed by atoms with Crippen LogP contribution in [0.5, 0.6) is 0 Å². The molecule has 13 heavy (non-hydrogen) atoms. The molecular weight excluding hydrogens is 195 g/mol. The van der Waals surface area contributed by atoms with E-state index in [1.54, 1.807) is 0 Å². The first kappa shape index (κ1) is 10.0.